The zero-order valence-corrected chi connectivity index (χ0v) is 13.8. The molecule has 0 aromatic rings. The Morgan fingerprint density at radius 2 is 1.90 bits per heavy atom. The summed E-state index contributed by atoms with van der Waals surface area (Å²) in [5.74, 6) is -0.0455. The summed E-state index contributed by atoms with van der Waals surface area (Å²) >= 11 is 0. The van der Waals surface area contributed by atoms with E-state index in [0.29, 0.717) is 13.2 Å². The number of carbonyl (C=O) groups is 1. The number of rotatable bonds is 11. The van der Waals surface area contributed by atoms with Crippen LogP contribution in [-0.4, -0.2) is 24.7 Å². The number of unbranched alkanes of at least 4 members (excludes halogenated alkanes) is 4. The number of ether oxygens (including phenoxy) is 1. The number of nitrogens with one attached hydrogen (secondary N) is 1. The first-order valence-corrected chi connectivity index (χ1v) is 7.89. The summed E-state index contributed by atoms with van der Waals surface area (Å²) < 4.78 is 5.28. The molecule has 0 rings (SSSR count). The number of hydrogen-bond acceptors (Lipinski definition) is 3. The second-order valence-electron chi connectivity index (χ2n) is 6.53. The van der Waals surface area contributed by atoms with Crippen LogP contribution in [0.3, 0.4) is 0 Å². The van der Waals surface area contributed by atoms with Gasteiger partial charge in [0.15, 0.2) is 0 Å². The van der Waals surface area contributed by atoms with Crippen molar-refractivity contribution >= 4 is 5.97 Å². The minimum absolute atomic E-state index is 0.0176. The lowest BCUT2D eigenvalue weighted by Gasteiger charge is -2.20. The van der Waals surface area contributed by atoms with E-state index in [9.17, 15) is 4.79 Å². The fraction of sp³-hybridized carbons (Fsp3) is 0.824. The number of allylic oxidation sites excluding steroid dienone is 1. The molecule has 0 fully saturated rings. The van der Waals surface area contributed by atoms with E-state index in [2.05, 4.69) is 32.7 Å². The van der Waals surface area contributed by atoms with Crippen LogP contribution in [0.2, 0.25) is 0 Å². The standard InChI is InChI=1S/C17H33NO2/c1-6-7-8-9-10-11-12-15(2)16(19)20-14-13-18-17(3,4)5/h6,15,18H,1,7-14H2,2-5H3. The summed E-state index contributed by atoms with van der Waals surface area (Å²) in [5, 5.41) is 3.30. The first kappa shape index (κ1) is 19.2. The van der Waals surface area contributed by atoms with Gasteiger partial charge in [0.1, 0.15) is 6.61 Å². The van der Waals surface area contributed by atoms with E-state index in [1.54, 1.807) is 0 Å². The van der Waals surface area contributed by atoms with Gasteiger partial charge in [-0.15, -0.1) is 6.58 Å². The van der Waals surface area contributed by atoms with E-state index in [0.717, 1.165) is 19.3 Å². The zero-order chi connectivity index (χ0) is 15.4. The third kappa shape index (κ3) is 12.2. The predicted octanol–water partition coefficient (Wildman–Crippen LogP) is 4.08. The minimum Gasteiger partial charge on any atom is -0.464 e. The first-order chi connectivity index (χ1) is 9.37. The van der Waals surface area contributed by atoms with Gasteiger partial charge >= 0.3 is 5.97 Å². The second kappa shape index (κ2) is 10.9. The van der Waals surface area contributed by atoms with Crippen LogP contribution >= 0.6 is 0 Å². The molecule has 0 aliphatic carbocycles. The van der Waals surface area contributed by atoms with Crippen molar-refractivity contribution in [1.82, 2.24) is 5.32 Å². The van der Waals surface area contributed by atoms with Gasteiger partial charge in [0.05, 0.1) is 5.92 Å². The van der Waals surface area contributed by atoms with E-state index >= 15 is 0 Å². The van der Waals surface area contributed by atoms with E-state index < -0.39 is 0 Å². The molecular weight excluding hydrogens is 250 g/mol. The summed E-state index contributed by atoms with van der Waals surface area (Å²) in [6.45, 7) is 13.1. The topological polar surface area (TPSA) is 38.3 Å². The van der Waals surface area contributed by atoms with Crippen LogP contribution in [-0.2, 0) is 9.53 Å². The average molecular weight is 283 g/mol. The van der Waals surface area contributed by atoms with Crippen LogP contribution in [0.4, 0.5) is 0 Å². The van der Waals surface area contributed by atoms with Crippen molar-refractivity contribution in [2.75, 3.05) is 13.2 Å². The normalized spacial score (nSPS) is 13.0. The molecule has 3 heteroatoms. The summed E-state index contributed by atoms with van der Waals surface area (Å²) in [6, 6.07) is 0. The Bertz CT molecular complexity index is 269. The summed E-state index contributed by atoms with van der Waals surface area (Å²) in [4.78, 5) is 11.8. The van der Waals surface area contributed by atoms with Gasteiger partial charge in [0.25, 0.3) is 0 Å². The molecule has 0 aliphatic rings. The lowest BCUT2D eigenvalue weighted by Crippen LogP contribution is -2.38. The van der Waals surface area contributed by atoms with Gasteiger partial charge in [-0.05, 0) is 40.0 Å². The van der Waals surface area contributed by atoms with Crippen molar-refractivity contribution in [3.05, 3.63) is 12.7 Å². The lowest BCUT2D eigenvalue weighted by atomic mass is 10.0. The monoisotopic (exact) mass is 283 g/mol. The van der Waals surface area contributed by atoms with Crippen LogP contribution in [0.5, 0.6) is 0 Å². The maximum Gasteiger partial charge on any atom is 0.308 e. The van der Waals surface area contributed by atoms with Crippen LogP contribution in [0.1, 0.15) is 66.2 Å². The highest BCUT2D eigenvalue weighted by atomic mass is 16.5. The Hall–Kier alpha value is -0.830. The van der Waals surface area contributed by atoms with E-state index in [4.69, 9.17) is 4.74 Å². The molecule has 0 heterocycles. The van der Waals surface area contributed by atoms with Crippen molar-refractivity contribution in [2.45, 2.75) is 71.8 Å². The van der Waals surface area contributed by atoms with Crippen molar-refractivity contribution in [1.29, 1.82) is 0 Å². The van der Waals surface area contributed by atoms with Gasteiger partial charge in [-0.3, -0.25) is 4.79 Å². The number of carbonyl (C=O) groups excluding carboxylic acids is 1. The molecule has 20 heavy (non-hydrogen) atoms. The average Bonchev–Trinajstić information content (AvgIpc) is 2.37. The maximum atomic E-state index is 11.8. The molecule has 3 nitrogen and oxygen atoms in total. The maximum absolute atomic E-state index is 11.8. The lowest BCUT2D eigenvalue weighted by molar-refractivity contribution is -0.148. The molecule has 118 valence electrons. The number of hydrogen-bond donors (Lipinski definition) is 1. The Balaban J connectivity index is 3.54. The molecule has 1 unspecified atom stereocenters. The quantitative estimate of drug-likeness (QED) is 0.353. The Morgan fingerprint density at radius 3 is 2.50 bits per heavy atom. The zero-order valence-electron chi connectivity index (χ0n) is 13.8. The molecule has 0 saturated carbocycles. The summed E-state index contributed by atoms with van der Waals surface area (Å²) in [7, 11) is 0. The van der Waals surface area contributed by atoms with Crippen LogP contribution in [0.15, 0.2) is 12.7 Å². The molecule has 1 N–H and O–H groups in total. The van der Waals surface area contributed by atoms with Crippen molar-refractivity contribution in [3.8, 4) is 0 Å². The smallest absolute Gasteiger partial charge is 0.308 e. The largest absolute Gasteiger partial charge is 0.464 e. The molecule has 0 aliphatic heterocycles. The van der Waals surface area contributed by atoms with Gasteiger partial charge in [-0.25, -0.2) is 0 Å². The van der Waals surface area contributed by atoms with E-state index in [-0.39, 0.29) is 17.4 Å². The minimum atomic E-state index is -0.0631. The third-order valence-electron chi connectivity index (χ3n) is 3.20. The Kier molecular flexibility index (Phi) is 10.4. The van der Waals surface area contributed by atoms with E-state index in [1.807, 2.05) is 13.0 Å². The van der Waals surface area contributed by atoms with Crippen LogP contribution < -0.4 is 5.32 Å². The van der Waals surface area contributed by atoms with Gasteiger partial charge in [-0.2, -0.15) is 0 Å². The molecule has 0 aromatic heterocycles. The SMILES string of the molecule is C=CCCCCCCC(C)C(=O)OCCNC(C)(C)C. The highest BCUT2D eigenvalue weighted by Gasteiger charge is 2.14. The predicted molar refractivity (Wildman–Crippen MR) is 85.8 cm³/mol. The molecule has 0 radical (unpaired) electrons. The fourth-order valence-corrected chi connectivity index (χ4v) is 1.93. The van der Waals surface area contributed by atoms with Crippen molar-refractivity contribution in [2.24, 2.45) is 5.92 Å². The second-order valence-corrected chi connectivity index (χ2v) is 6.53. The highest BCUT2D eigenvalue weighted by molar-refractivity contribution is 5.71. The Labute approximate surface area is 125 Å². The molecule has 0 spiro atoms. The van der Waals surface area contributed by atoms with Gasteiger partial charge in [-0.1, -0.05) is 32.3 Å². The molecule has 1 atom stereocenters. The summed E-state index contributed by atoms with van der Waals surface area (Å²) in [5.41, 5.74) is 0.0729. The number of esters is 1. The first-order valence-electron chi connectivity index (χ1n) is 7.89. The van der Waals surface area contributed by atoms with Gasteiger partial charge in [0.2, 0.25) is 0 Å². The van der Waals surface area contributed by atoms with Gasteiger partial charge < -0.3 is 10.1 Å². The van der Waals surface area contributed by atoms with Crippen molar-refractivity contribution in [3.63, 3.8) is 0 Å². The molecule has 0 saturated heterocycles. The fourth-order valence-electron chi connectivity index (χ4n) is 1.93. The highest BCUT2D eigenvalue weighted by Crippen LogP contribution is 2.12. The molecule has 0 amide bonds. The molecule has 0 aromatic carbocycles. The molecular formula is C17H33NO2. The van der Waals surface area contributed by atoms with Crippen LogP contribution in [0.25, 0.3) is 0 Å². The van der Waals surface area contributed by atoms with E-state index in [1.165, 1.54) is 19.3 Å². The van der Waals surface area contributed by atoms with Crippen LogP contribution in [0, 0.1) is 5.92 Å². The van der Waals surface area contributed by atoms with Crippen molar-refractivity contribution < 1.29 is 9.53 Å². The summed E-state index contributed by atoms with van der Waals surface area (Å²) in [6.07, 6.45) is 8.72. The van der Waals surface area contributed by atoms with Gasteiger partial charge in [0, 0.05) is 12.1 Å². The Morgan fingerprint density at radius 1 is 1.25 bits per heavy atom. The third-order valence-corrected chi connectivity index (χ3v) is 3.20. The molecule has 0 bridgehead atoms.